The molecule has 0 radical (unpaired) electrons. The number of nitrogens with one attached hydrogen (secondary N) is 2. The third-order valence-electron chi connectivity index (χ3n) is 4.57. The van der Waals surface area contributed by atoms with Crippen molar-refractivity contribution >= 4 is 18.3 Å². The molecule has 2 unspecified atom stereocenters. The number of amides is 1. The van der Waals surface area contributed by atoms with E-state index in [1.807, 2.05) is 42.1 Å². The second-order valence-corrected chi connectivity index (χ2v) is 6.58. The van der Waals surface area contributed by atoms with Crippen LogP contribution in [0, 0.1) is 0 Å². The Morgan fingerprint density at radius 1 is 1.36 bits per heavy atom. The molecule has 1 saturated heterocycles. The molecule has 0 aliphatic carbocycles. The highest BCUT2D eigenvalue weighted by Crippen LogP contribution is 2.15. The first kappa shape index (κ1) is 19.5. The first-order valence-corrected chi connectivity index (χ1v) is 8.83. The van der Waals surface area contributed by atoms with Crippen LogP contribution in [0.1, 0.15) is 48.3 Å². The lowest BCUT2D eigenvalue weighted by Crippen LogP contribution is -2.34. The quantitative estimate of drug-likeness (QED) is 0.830. The van der Waals surface area contributed by atoms with Gasteiger partial charge in [-0.15, -0.1) is 12.4 Å². The monoisotopic (exact) mass is 362 g/mol. The van der Waals surface area contributed by atoms with Crippen LogP contribution in [0.4, 0.5) is 0 Å². The van der Waals surface area contributed by atoms with Crippen molar-refractivity contribution in [2.75, 3.05) is 13.1 Å². The largest absolute Gasteiger partial charge is 0.348 e. The predicted octanol–water partition coefficient (Wildman–Crippen LogP) is 2.98. The molecule has 1 aromatic heterocycles. The lowest BCUT2D eigenvalue weighted by atomic mass is 10.1. The van der Waals surface area contributed by atoms with Crippen LogP contribution in [0.15, 0.2) is 42.6 Å². The molecule has 2 atom stereocenters. The molecule has 25 heavy (non-hydrogen) atoms. The lowest BCUT2D eigenvalue weighted by Gasteiger charge is -2.22. The SMILES string of the molecule is CC(CCc1ccccc1)NC(=O)c1ccn(C2CCCNC2)n1.Cl. The van der Waals surface area contributed by atoms with Gasteiger partial charge < -0.3 is 10.6 Å². The van der Waals surface area contributed by atoms with Gasteiger partial charge in [0.05, 0.1) is 6.04 Å². The molecule has 2 heterocycles. The third kappa shape index (κ3) is 5.58. The van der Waals surface area contributed by atoms with E-state index in [0.717, 1.165) is 38.8 Å². The summed E-state index contributed by atoms with van der Waals surface area (Å²) in [6, 6.07) is 12.6. The average Bonchev–Trinajstić information content (AvgIpc) is 3.12. The summed E-state index contributed by atoms with van der Waals surface area (Å²) < 4.78 is 1.93. The minimum atomic E-state index is -0.0851. The predicted molar refractivity (Wildman–Crippen MR) is 102 cm³/mol. The normalized spacial score (nSPS) is 18.2. The van der Waals surface area contributed by atoms with Crippen LogP contribution < -0.4 is 10.6 Å². The second-order valence-electron chi connectivity index (χ2n) is 6.58. The van der Waals surface area contributed by atoms with Crippen molar-refractivity contribution in [1.82, 2.24) is 20.4 Å². The van der Waals surface area contributed by atoms with E-state index in [9.17, 15) is 4.79 Å². The van der Waals surface area contributed by atoms with Crippen LogP contribution in [0.3, 0.4) is 0 Å². The summed E-state index contributed by atoms with van der Waals surface area (Å²) in [5.41, 5.74) is 1.81. The van der Waals surface area contributed by atoms with Crippen LogP contribution in [0.2, 0.25) is 0 Å². The molecule has 1 aliphatic rings. The molecular weight excluding hydrogens is 336 g/mol. The molecule has 6 heteroatoms. The number of halogens is 1. The molecule has 1 aliphatic heterocycles. The fourth-order valence-corrected chi connectivity index (χ4v) is 3.12. The molecule has 1 aromatic carbocycles. The number of carbonyl (C=O) groups is 1. The van der Waals surface area contributed by atoms with Crippen molar-refractivity contribution in [2.45, 2.75) is 44.7 Å². The van der Waals surface area contributed by atoms with E-state index >= 15 is 0 Å². The van der Waals surface area contributed by atoms with Gasteiger partial charge in [-0.05, 0) is 50.8 Å². The van der Waals surface area contributed by atoms with Crippen LogP contribution in [-0.2, 0) is 6.42 Å². The van der Waals surface area contributed by atoms with Crippen LogP contribution in [0.5, 0.6) is 0 Å². The lowest BCUT2D eigenvalue weighted by molar-refractivity contribution is 0.0932. The summed E-state index contributed by atoms with van der Waals surface area (Å²) in [6.45, 7) is 4.04. The average molecular weight is 363 g/mol. The van der Waals surface area contributed by atoms with Crippen molar-refractivity contribution in [3.8, 4) is 0 Å². The number of piperidine rings is 1. The number of benzene rings is 1. The standard InChI is InChI=1S/C19H26N4O.ClH/c1-15(9-10-16-6-3-2-4-7-16)21-19(24)18-11-13-23(22-18)17-8-5-12-20-14-17;/h2-4,6-7,11,13,15,17,20H,5,8-10,12,14H2,1H3,(H,21,24);1H. The molecular formula is C19H27ClN4O. The highest BCUT2D eigenvalue weighted by molar-refractivity contribution is 5.92. The van der Waals surface area contributed by atoms with Gasteiger partial charge in [0.15, 0.2) is 0 Å². The minimum absolute atomic E-state index is 0. The number of hydrogen-bond acceptors (Lipinski definition) is 3. The van der Waals surface area contributed by atoms with Crippen molar-refractivity contribution < 1.29 is 4.79 Å². The minimum Gasteiger partial charge on any atom is -0.348 e. The van der Waals surface area contributed by atoms with Gasteiger partial charge in [0.25, 0.3) is 5.91 Å². The number of carbonyl (C=O) groups excluding carboxylic acids is 1. The Morgan fingerprint density at radius 2 is 2.16 bits per heavy atom. The Kier molecular flexibility index (Phi) is 7.47. The maximum absolute atomic E-state index is 12.4. The van der Waals surface area contributed by atoms with Gasteiger partial charge in [-0.2, -0.15) is 5.10 Å². The molecule has 2 aromatic rings. The summed E-state index contributed by atoms with van der Waals surface area (Å²) >= 11 is 0. The molecule has 1 fully saturated rings. The van der Waals surface area contributed by atoms with Gasteiger partial charge in [-0.3, -0.25) is 9.48 Å². The maximum Gasteiger partial charge on any atom is 0.271 e. The van der Waals surface area contributed by atoms with E-state index in [4.69, 9.17) is 0 Å². The number of aromatic nitrogens is 2. The zero-order chi connectivity index (χ0) is 16.8. The molecule has 0 saturated carbocycles. The number of nitrogens with zero attached hydrogens (tertiary/aromatic N) is 2. The highest BCUT2D eigenvalue weighted by atomic mass is 35.5. The Bertz CT molecular complexity index is 652. The molecule has 2 N–H and O–H groups in total. The summed E-state index contributed by atoms with van der Waals surface area (Å²) in [5, 5.41) is 10.9. The summed E-state index contributed by atoms with van der Waals surface area (Å²) in [7, 11) is 0. The molecule has 5 nitrogen and oxygen atoms in total. The van der Waals surface area contributed by atoms with E-state index in [1.54, 1.807) is 0 Å². The first-order valence-electron chi connectivity index (χ1n) is 8.83. The van der Waals surface area contributed by atoms with E-state index in [1.165, 1.54) is 5.56 Å². The van der Waals surface area contributed by atoms with Gasteiger partial charge in [0.2, 0.25) is 0 Å². The number of rotatable bonds is 6. The molecule has 1 amide bonds. The van der Waals surface area contributed by atoms with E-state index in [0.29, 0.717) is 11.7 Å². The van der Waals surface area contributed by atoms with E-state index < -0.39 is 0 Å². The maximum atomic E-state index is 12.4. The highest BCUT2D eigenvalue weighted by Gasteiger charge is 2.18. The van der Waals surface area contributed by atoms with Crippen molar-refractivity contribution in [1.29, 1.82) is 0 Å². The summed E-state index contributed by atoms with van der Waals surface area (Å²) in [5.74, 6) is -0.0851. The van der Waals surface area contributed by atoms with Gasteiger partial charge >= 0.3 is 0 Å². The van der Waals surface area contributed by atoms with Gasteiger partial charge in [0.1, 0.15) is 5.69 Å². The fourth-order valence-electron chi connectivity index (χ4n) is 3.12. The van der Waals surface area contributed by atoms with Gasteiger partial charge in [-0.25, -0.2) is 0 Å². The third-order valence-corrected chi connectivity index (χ3v) is 4.57. The first-order chi connectivity index (χ1) is 11.7. The molecule has 0 spiro atoms. The fraction of sp³-hybridized carbons (Fsp3) is 0.474. The smallest absolute Gasteiger partial charge is 0.271 e. The van der Waals surface area contributed by atoms with Crippen molar-refractivity contribution in [2.24, 2.45) is 0 Å². The summed E-state index contributed by atoms with van der Waals surface area (Å²) in [6.07, 6.45) is 6.07. The van der Waals surface area contributed by atoms with Crippen molar-refractivity contribution in [3.63, 3.8) is 0 Å². The van der Waals surface area contributed by atoms with Gasteiger partial charge in [0, 0.05) is 18.8 Å². The van der Waals surface area contributed by atoms with Crippen LogP contribution in [0.25, 0.3) is 0 Å². The molecule has 0 bridgehead atoms. The zero-order valence-electron chi connectivity index (χ0n) is 14.6. The molecule has 3 rings (SSSR count). The van der Waals surface area contributed by atoms with Gasteiger partial charge in [-0.1, -0.05) is 30.3 Å². The Balaban J connectivity index is 0.00000225. The zero-order valence-corrected chi connectivity index (χ0v) is 15.5. The van der Waals surface area contributed by atoms with E-state index in [-0.39, 0.29) is 24.4 Å². The Hall–Kier alpha value is -1.85. The second kappa shape index (κ2) is 9.59. The van der Waals surface area contributed by atoms with E-state index in [2.05, 4.69) is 27.9 Å². The summed E-state index contributed by atoms with van der Waals surface area (Å²) in [4.78, 5) is 12.4. The number of hydrogen-bond donors (Lipinski definition) is 2. The van der Waals surface area contributed by atoms with Crippen LogP contribution >= 0.6 is 12.4 Å². The molecule has 136 valence electrons. The number of aryl methyl sites for hydroxylation is 1. The Morgan fingerprint density at radius 3 is 2.88 bits per heavy atom. The van der Waals surface area contributed by atoms with Crippen molar-refractivity contribution in [3.05, 3.63) is 53.9 Å². The van der Waals surface area contributed by atoms with Crippen LogP contribution in [-0.4, -0.2) is 34.8 Å². The topological polar surface area (TPSA) is 59.0 Å². The Labute approximate surface area is 155 Å².